The van der Waals surface area contributed by atoms with Crippen LogP contribution < -0.4 is 5.32 Å². The molecule has 8 nitrogen and oxygen atoms in total. The van der Waals surface area contributed by atoms with Gasteiger partial charge in [-0.15, -0.1) is 0 Å². The summed E-state index contributed by atoms with van der Waals surface area (Å²) in [6.07, 6.45) is 5.96. The highest BCUT2D eigenvalue weighted by molar-refractivity contribution is 5.82. The fraction of sp³-hybridized carbons (Fsp3) is 0.778. The molecular formula is C18H26N4O4. The molecule has 1 saturated carbocycles. The number of aromatic nitrogens is 2. The third-order valence-electron chi connectivity index (χ3n) is 5.44. The van der Waals surface area contributed by atoms with E-state index >= 15 is 0 Å². The number of ether oxygens (including phenoxy) is 1. The van der Waals surface area contributed by atoms with Crippen LogP contribution in [-0.2, 0) is 20.7 Å². The summed E-state index contributed by atoms with van der Waals surface area (Å²) in [7, 11) is 0. The fourth-order valence-electron chi connectivity index (χ4n) is 3.66. The molecule has 1 N–H and O–H groups in total. The lowest BCUT2D eigenvalue weighted by molar-refractivity contribution is -0.136. The maximum absolute atomic E-state index is 12.3. The van der Waals surface area contributed by atoms with Crippen LogP contribution in [0, 0.1) is 11.8 Å². The molecule has 0 aromatic carbocycles. The molecule has 4 rings (SSSR count). The fourth-order valence-corrected chi connectivity index (χ4v) is 3.66. The molecule has 1 atom stereocenters. The van der Waals surface area contributed by atoms with E-state index in [0.29, 0.717) is 37.8 Å². The molecule has 26 heavy (non-hydrogen) atoms. The lowest BCUT2D eigenvalue weighted by Gasteiger charge is -2.31. The van der Waals surface area contributed by atoms with Gasteiger partial charge >= 0.3 is 0 Å². The molecule has 2 aliphatic heterocycles. The summed E-state index contributed by atoms with van der Waals surface area (Å²) in [5, 5.41) is 6.92. The highest BCUT2D eigenvalue weighted by atomic mass is 16.5. The molecule has 1 aliphatic carbocycles. The molecule has 0 spiro atoms. The van der Waals surface area contributed by atoms with Gasteiger partial charge in [0.15, 0.2) is 5.82 Å². The van der Waals surface area contributed by atoms with Crippen LogP contribution in [-0.4, -0.2) is 53.1 Å². The van der Waals surface area contributed by atoms with Crippen molar-refractivity contribution in [2.24, 2.45) is 11.8 Å². The van der Waals surface area contributed by atoms with Crippen LogP contribution in [0.1, 0.15) is 56.3 Å². The Labute approximate surface area is 152 Å². The van der Waals surface area contributed by atoms with Crippen molar-refractivity contribution in [1.82, 2.24) is 20.4 Å². The van der Waals surface area contributed by atoms with Crippen LogP contribution in [0.4, 0.5) is 0 Å². The molecule has 0 bridgehead atoms. The lowest BCUT2D eigenvalue weighted by Crippen LogP contribution is -2.43. The number of nitrogens with zero attached hydrogens (tertiary/aromatic N) is 3. The summed E-state index contributed by atoms with van der Waals surface area (Å²) < 4.78 is 10.8. The molecule has 142 valence electrons. The van der Waals surface area contributed by atoms with Crippen molar-refractivity contribution in [3.63, 3.8) is 0 Å². The Morgan fingerprint density at radius 2 is 1.92 bits per heavy atom. The van der Waals surface area contributed by atoms with E-state index in [1.165, 1.54) is 0 Å². The molecule has 2 saturated heterocycles. The van der Waals surface area contributed by atoms with Gasteiger partial charge in [0.25, 0.3) is 5.89 Å². The normalized spacial score (nSPS) is 24.0. The summed E-state index contributed by atoms with van der Waals surface area (Å²) in [5.41, 5.74) is 0. The second-order valence-corrected chi connectivity index (χ2v) is 7.47. The highest BCUT2D eigenvalue weighted by Gasteiger charge is 2.35. The second kappa shape index (κ2) is 7.73. The number of nitrogens with one attached hydrogen (secondary N) is 1. The van der Waals surface area contributed by atoms with Crippen LogP contribution >= 0.6 is 0 Å². The average molecular weight is 362 g/mol. The van der Waals surface area contributed by atoms with Gasteiger partial charge in [-0.1, -0.05) is 5.16 Å². The van der Waals surface area contributed by atoms with Gasteiger partial charge in [0, 0.05) is 44.5 Å². The summed E-state index contributed by atoms with van der Waals surface area (Å²) in [4.78, 5) is 30.7. The Balaban J connectivity index is 1.17. The molecule has 0 radical (unpaired) electrons. The zero-order valence-electron chi connectivity index (χ0n) is 15.0. The lowest BCUT2D eigenvalue weighted by atomic mass is 9.95. The molecule has 3 fully saturated rings. The number of hydrogen-bond acceptors (Lipinski definition) is 6. The topological polar surface area (TPSA) is 97.6 Å². The molecule has 8 heteroatoms. The van der Waals surface area contributed by atoms with Gasteiger partial charge in [0.1, 0.15) is 6.10 Å². The predicted octanol–water partition coefficient (Wildman–Crippen LogP) is 1.23. The van der Waals surface area contributed by atoms with E-state index in [4.69, 9.17) is 9.26 Å². The van der Waals surface area contributed by atoms with Gasteiger partial charge < -0.3 is 19.5 Å². The van der Waals surface area contributed by atoms with E-state index in [1.54, 1.807) is 0 Å². The van der Waals surface area contributed by atoms with E-state index in [0.717, 1.165) is 45.1 Å². The molecule has 1 aromatic heterocycles. The van der Waals surface area contributed by atoms with Crippen molar-refractivity contribution in [2.45, 2.75) is 51.0 Å². The monoisotopic (exact) mass is 362 g/mol. The van der Waals surface area contributed by atoms with Crippen molar-refractivity contribution >= 4 is 11.8 Å². The second-order valence-electron chi connectivity index (χ2n) is 7.47. The predicted molar refractivity (Wildman–Crippen MR) is 91.0 cm³/mol. The summed E-state index contributed by atoms with van der Waals surface area (Å²) >= 11 is 0. The summed E-state index contributed by atoms with van der Waals surface area (Å²) in [5.74, 6) is 1.73. The first-order valence-electron chi connectivity index (χ1n) is 9.71. The molecule has 3 heterocycles. The maximum Gasteiger partial charge on any atom is 0.255 e. The number of likely N-dealkylation sites (tertiary alicyclic amines) is 1. The Hall–Kier alpha value is -1.96. The van der Waals surface area contributed by atoms with Crippen LogP contribution in [0.2, 0.25) is 0 Å². The quantitative estimate of drug-likeness (QED) is 0.817. The van der Waals surface area contributed by atoms with Crippen LogP contribution in [0.15, 0.2) is 4.52 Å². The number of piperidine rings is 1. The Morgan fingerprint density at radius 1 is 1.12 bits per heavy atom. The van der Waals surface area contributed by atoms with Crippen LogP contribution in [0.5, 0.6) is 0 Å². The number of carbonyl (C=O) groups is 2. The SMILES string of the molecule is O=C(NCCc1noc(C2CCCO2)n1)C1CCN(C(=O)C2CC2)CC1. The van der Waals surface area contributed by atoms with E-state index in [-0.39, 0.29) is 29.8 Å². The van der Waals surface area contributed by atoms with Crippen molar-refractivity contribution in [3.8, 4) is 0 Å². The zero-order chi connectivity index (χ0) is 17.9. The van der Waals surface area contributed by atoms with Gasteiger partial charge in [0.2, 0.25) is 11.8 Å². The third kappa shape index (κ3) is 4.06. The molecule has 3 aliphatic rings. The van der Waals surface area contributed by atoms with Gasteiger partial charge in [-0.2, -0.15) is 4.98 Å². The number of rotatable bonds is 6. The Kier molecular flexibility index (Phi) is 5.19. The average Bonchev–Trinajstić information content (AvgIpc) is 3.17. The zero-order valence-corrected chi connectivity index (χ0v) is 15.0. The van der Waals surface area contributed by atoms with Gasteiger partial charge in [0.05, 0.1) is 0 Å². The first-order valence-corrected chi connectivity index (χ1v) is 9.71. The first-order chi connectivity index (χ1) is 12.7. The van der Waals surface area contributed by atoms with E-state index in [1.807, 2.05) is 4.90 Å². The van der Waals surface area contributed by atoms with E-state index in [9.17, 15) is 9.59 Å². The molecule has 2 amide bonds. The van der Waals surface area contributed by atoms with Crippen molar-refractivity contribution in [1.29, 1.82) is 0 Å². The molecular weight excluding hydrogens is 336 g/mol. The molecule has 1 unspecified atom stereocenters. The summed E-state index contributed by atoms with van der Waals surface area (Å²) in [6.45, 7) is 2.63. The number of hydrogen-bond donors (Lipinski definition) is 1. The minimum Gasteiger partial charge on any atom is -0.368 e. The van der Waals surface area contributed by atoms with Crippen LogP contribution in [0.3, 0.4) is 0 Å². The minimum atomic E-state index is -0.0747. The minimum absolute atomic E-state index is 0.00836. The number of carbonyl (C=O) groups excluding carboxylic acids is 2. The van der Waals surface area contributed by atoms with Crippen LogP contribution in [0.25, 0.3) is 0 Å². The van der Waals surface area contributed by atoms with Crippen molar-refractivity contribution in [2.75, 3.05) is 26.2 Å². The Morgan fingerprint density at radius 3 is 2.62 bits per heavy atom. The standard InChI is InChI=1S/C18H26N4O4/c23-16(12-6-9-22(10-7-12)18(24)13-3-4-13)19-8-5-15-20-17(26-21-15)14-2-1-11-25-14/h12-14H,1-11H2,(H,19,23). The van der Waals surface area contributed by atoms with Crippen molar-refractivity contribution in [3.05, 3.63) is 11.7 Å². The Bertz CT molecular complexity index is 643. The number of amides is 2. The van der Waals surface area contributed by atoms with E-state index in [2.05, 4.69) is 15.5 Å². The molecule has 1 aromatic rings. The van der Waals surface area contributed by atoms with Crippen molar-refractivity contribution < 1.29 is 18.8 Å². The van der Waals surface area contributed by atoms with Gasteiger partial charge in [-0.25, -0.2) is 0 Å². The highest BCUT2D eigenvalue weighted by Crippen LogP contribution is 2.32. The third-order valence-corrected chi connectivity index (χ3v) is 5.44. The van der Waals surface area contributed by atoms with Gasteiger partial charge in [-0.05, 0) is 38.5 Å². The largest absolute Gasteiger partial charge is 0.368 e. The smallest absolute Gasteiger partial charge is 0.255 e. The maximum atomic E-state index is 12.3. The van der Waals surface area contributed by atoms with E-state index < -0.39 is 0 Å². The van der Waals surface area contributed by atoms with Gasteiger partial charge in [-0.3, -0.25) is 9.59 Å². The summed E-state index contributed by atoms with van der Waals surface area (Å²) in [6, 6.07) is 0. The first kappa shape index (κ1) is 17.5.